The first kappa shape index (κ1) is 12.6. The van der Waals surface area contributed by atoms with Crippen LogP contribution in [0.5, 0.6) is 11.5 Å². The van der Waals surface area contributed by atoms with Crippen molar-refractivity contribution in [3.05, 3.63) is 17.7 Å². The lowest BCUT2D eigenvalue weighted by atomic mass is 10.1. The van der Waals surface area contributed by atoms with Crippen molar-refractivity contribution in [2.75, 3.05) is 32.7 Å². The van der Waals surface area contributed by atoms with Gasteiger partial charge in [0.15, 0.2) is 0 Å². The molecule has 1 rings (SSSR count). The zero-order chi connectivity index (χ0) is 12.0. The van der Waals surface area contributed by atoms with Crippen LogP contribution in [0.25, 0.3) is 0 Å². The van der Waals surface area contributed by atoms with E-state index in [0.29, 0.717) is 6.42 Å². The third-order valence-electron chi connectivity index (χ3n) is 2.43. The van der Waals surface area contributed by atoms with Gasteiger partial charge in [0, 0.05) is 18.7 Å². The zero-order valence-corrected chi connectivity index (χ0v) is 10.0. The molecule has 2 N–H and O–H groups in total. The highest BCUT2D eigenvalue weighted by atomic mass is 16.5. The summed E-state index contributed by atoms with van der Waals surface area (Å²) in [5.74, 6) is 1.60. The molecule has 4 heteroatoms. The second-order valence-electron chi connectivity index (χ2n) is 3.48. The van der Waals surface area contributed by atoms with Crippen LogP contribution in [0.15, 0.2) is 12.1 Å². The minimum Gasteiger partial charge on any atom is -0.496 e. The van der Waals surface area contributed by atoms with E-state index in [1.165, 1.54) is 0 Å². The maximum absolute atomic E-state index is 8.72. The summed E-state index contributed by atoms with van der Waals surface area (Å²) in [6.07, 6.45) is 0.716. The molecule has 0 amide bonds. The molecule has 0 heterocycles. The molecule has 0 spiro atoms. The summed E-state index contributed by atoms with van der Waals surface area (Å²) in [5.41, 5.74) is 1.90. The Morgan fingerprint density at radius 3 is 2.56 bits per heavy atom. The Kier molecular flexibility index (Phi) is 4.92. The molecule has 16 heavy (non-hydrogen) atoms. The van der Waals surface area contributed by atoms with E-state index < -0.39 is 0 Å². The second kappa shape index (κ2) is 6.23. The van der Waals surface area contributed by atoms with Crippen LogP contribution in [0.3, 0.4) is 0 Å². The Labute approximate surface area is 96.2 Å². The summed E-state index contributed by atoms with van der Waals surface area (Å²) >= 11 is 0. The lowest BCUT2D eigenvalue weighted by molar-refractivity contribution is 0.292. The van der Waals surface area contributed by atoms with E-state index in [4.69, 9.17) is 14.6 Å². The van der Waals surface area contributed by atoms with Crippen molar-refractivity contribution in [2.24, 2.45) is 0 Å². The Morgan fingerprint density at radius 2 is 2.00 bits per heavy atom. The van der Waals surface area contributed by atoms with Crippen molar-refractivity contribution in [1.29, 1.82) is 0 Å². The average Bonchev–Trinajstić information content (AvgIpc) is 2.30. The van der Waals surface area contributed by atoms with E-state index in [-0.39, 0.29) is 6.61 Å². The maximum atomic E-state index is 8.72. The molecular formula is C12H19NO3. The standard InChI is InChI=1S/C12H19NO3/c1-9-11(15-2)6-5-10(12(9)16-3)13-7-4-8-14/h5-6,13-14H,4,7-8H2,1-3H3. The second-order valence-corrected chi connectivity index (χ2v) is 3.48. The Bertz CT molecular complexity index is 339. The van der Waals surface area contributed by atoms with Gasteiger partial charge in [-0.2, -0.15) is 0 Å². The fourth-order valence-corrected chi connectivity index (χ4v) is 1.60. The highest BCUT2D eigenvalue weighted by Gasteiger charge is 2.10. The lowest BCUT2D eigenvalue weighted by Crippen LogP contribution is -2.06. The van der Waals surface area contributed by atoms with Crippen LogP contribution in [0.4, 0.5) is 5.69 Å². The summed E-state index contributed by atoms with van der Waals surface area (Å²) in [6, 6.07) is 3.82. The fourth-order valence-electron chi connectivity index (χ4n) is 1.60. The summed E-state index contributed by atoms with van der Waals surface area (Å²) < 4.78 is 10.6. The van der Waals surface area contributed by atoms with Crippen LogP contribution in [0, 0.1) is 6.92 Å². The predicted molar refractivity (Wildman–Crippen MR) is 64.5 cm³/mol. The minimum atomic E-state index is 0.185. The largest absolute Gasteiger partial charge is 0.496 e. The van der Waals surface area contributed by atoms with Gasteiger partial charge >= 0.3 is 0 Å². The van der Waals surface area contributed by atoms with Crippen LogP contribution < -0.4 is 14.8 Å². The van der Waals surface area contributed by atoms with Crippen LogP contribution in [-0.4, -0.2) is 32.5 Å². The highest BCUT2D eigenvalue weighted by Crippen LogP contribution is 2.34. The van der Waals surface area contributed by atoms with Crippen LogP contribution in [0.1, 0.15) is 12.0 Å². The summed E-state index contributed by atoms with van der Waals surface area (Å²) in [4.78, 5) is 0. The number of ether oxygens (including phenoxy) is 2. The van der Waals surface area contributed by atoms with Gasteiger partial charge in [-0.3, -0.25) is 0 Å². The number of hydrogen-bond acceptors (Lipinski definition) is 4. The molecule has 0 atom stereocenters. The van der Waals surface area contributed by atoms with Gasteiger partial charge in [0.1, 0.15) is 11.5 Å². The molecule has 0 bridgehead atoms. The van der Waals surface area contributed by atoms with Crippen molar-refractivity contribution < 1.29 is 14.6 Å². The quantitative estimate of drug-likeness (QED) is 0.725. The molecule has 0 aliphatic heterocycles. The first-order valence-electron chi connectivity index (χ1n) is 5.31. The summed E-state index contributed by atoms with van der Waals surface area (Å²) in [7, 11) is 3.28. The SMILES string of the molecule is COc1ccc(NCCCO)c(OC)c1C. The van der Waals surface area contributed by atoms with E-state index in [1.54, 1.807) is 14.2 Å². The number of methoxy groups -OCH3 is 2. The number of benzene rings is 1. The average molecular weight is 225 g/mol. The normalized spacial score (nSPS) is 10.0. The van der Waals surface area contributed by atoms with Gasteiger partial charge in [0.05, 0.1) is 19.9 Å². The number of aliphatic hydroxyl groups is 1. The molecule has 0 unspecified atom stereocenters. The number of aliphatic hydroxyl groups excluding tert-OH is 1. The molecule has 0 saturated heterocycles. The monoisotopic (exact) mass is 225 g/mol. The van der Waals surface area contributed by atoms with Crippen LogP contribution in [0.2, 0.25) is 0 Å². The minimum absolute atomic E-state index is 0.185. The van der Waals surface area contributed by atoms with Gasteiger partial charge in [-0.25, -0.2) is 0 Å². The number of rotatable bonds is 6. The van der Waals surface area contributed by atoms with Crippen molar-refractivity contribution >= 4 is 5.69 Å². The summed E-state index contributed by atoms with van der Waals surface area (Å²) in [6.45, 7) is 2.86. The van der Waals surface area contributed by atoms with E-state index in [0.717, 1.165) is 29.3 Å². The smallest absolute Gasteiger partial charge is 0.148 e. The molecule has 1 aromatic rings. The third-order valence-corrected chi connectivity index (χ3v) is 2.43. The van der Waals surface area contributed by atoms with Gasteiger partial charge in [0.2, 0.25) is 0 Å². The zero-order valence-electron chi connectivity index (χ0n) is 10.0. The van der Waals surface area contributed by atoms with E-state index in [1.807, 2.05) is 19.1 Å². The number of nitrogens with one attached hydrogen (secondary N) is 1. The first-order valence-corrected chi connectivity index (χ1v) is 5.31. The van der Waals surface area contributed by atoms with Gasteiger partial charge in [-0.15, -0.1) is 0 Å². The van der Waals surface area contributed by atoms with Crippen LogP contribution in [-0.2, 0) is 0 Å². The molecular weight excluding hydrogens is 206 g/mol. The molecule has 0 aromatic heterocycles. The molecule has 0 saturated carbocycles. The topological polar surface area (TPSA) is 50.7 Å². The number of anilines is 1. The van der Waals surface area contributed by atoms with E-state index >= 15 is 0 Å². The molecule has 4 nitrogen and oxygen atoms in total. The Hall–Kier alpha value is -1.42. The lowest BCUT2D eigenvalue weighted by Gasteiger charge is -2.15. The molecule has 0 aliphatic carbocycles. The highest BCUT2D eigenvalue weighted by molar-refractivity contribution is 5.63. The van der Waals surface area contributed by atoms with Gasteiger partial charge in [0.25, 0.3) is 0 Å². The van der Waals surface area contributed by atoms with Crippen molar-refractivity contribution in [1.82, 2.24) is 0 Å². The van der Waals surface area contributed by atoms with Crippen molar-refractivity contribution in [2.45, 2.75) is 13.3 Å². The fraction of sp³-hybridized carbons (Fsp3) is 0.500. The number of hydrogen-bond donors (Lipinski definition) is 2. The van der Waals surface area contributed by atoms with Crippen molar-refractivity contribution in [3.8, 4) is 11.5 Å². The van der Waals surface area contributed by atoms with Crippen molar-refractivity contribution in [3.63, 3.8) is 0 Å². The maximum Gasteiger partial charge on any atom is 0.148 e. The third kappa shape index (κ3) is 2.79. The van der Waals surface area contributed by atoms with E-state index in [9.17, 15) is 0 Å². The molecule has 90 valence electrons. The van der Waals surface area contributed by atoms with Gasteiger partial charge in [-0.1, -0.05) is 0 Å². The Balaban J connectivity index is 2.88. The van der Waals surface area contributed by atoms with Gasteiger partial charge < -0.3 is 19.9 Å². The summed E-state index contributed by atoms with van der Waals surface area (Å²) in [5, 5.41) is 11.9. The molecule has 0 aliphatic rings. The van der Waals surface area contributed by atoms with Crippen LogP contribution >= 0.6 is 0 Å². The first-order chi connectivity index (χ1) is 7.74. The van der Waals surface area contributed by atoms with E-state index in [2.05, 4.69) is 5.32 Å². The molecule has 0 radical (unpaired) electrons. The molecule has 0 fully saturated rings. The molecule has 1 aromatic carbocycles. The van der Waals surface area contributed by atoms with Gasteiger partial charge in [-0.05, 0) is 25.5 Å². The predicted octanol–water partition coefficient (Wildman–Crippen LogP) is 1.81. The Morgan fingerprint density at radius 1 is 1.25 bits per heavy atom.